The van der Waals surface area contributed by atoms with Gasteiger partial charge in [0.15, 0.2) is 11.5 Å². The van der Waals surface area contributed by atoms with Gasteiger partial charge in [0.25, 0.3) is 0 Å². The number of para-hydroxylation sites is 1. The molecule has 0 bridgehead atoms. The zero-order valence-corrected chi connectivity index (χ0v) is 21.4. The Hall–Kier alpha value is -4.86. The van der Waals surface area contributed by atoms with Crippen molar-refractivity contribution in [2.45, 2.75) is 13.8 Å². The summed E-state index contributed by atoms with van der Waals surface area (Å²) in [6.45, 7) is 4.08. The van der Waals surface area contributed by atoms with Gasteiger partial charge >= 0.3 is 0 Å². The summed E-state index contributed by atoms with van der Waals surface area (Å²) < 4.78 is 16.2. The highest BCUT2D eigenvalue weighted by Gasteiger charge is 2.12. The fraction of sp³-hybridized carbons (Fsp3) is 0.185. The number of benzene rings is 3. The Balaban J connectivity index is 1.62. The number of rotatable bonds is 10. The highest BCUT2D eigenvalue weighted by Crippen LogP contribution is 2.33. The smallest absolute Gasteiger partial charge is 0.250 e. The minimum Gasteiger partial charge on any atom is -0.496 e. The van der Waals surface area contributed by atoms with Gasteiger partial charge in [-0.15, -0.1) is 0 Å². The zero-order valence-electron chi connectivity index (χ0n) is 21.4. The average molecular weight is 500 g/mol. The van der Waals surface area contributed by atoms with Crippen LogP contribution in [0.2, 0.25) is 0 Å². The molecule has 0 atom stereocenters. The van der Waals surface area contributed by atoms with Crippen molar-refractivity contribution in [3.63, 3.8) is 0 Å². The molecule has 0 aliphatic rings. The molecule has 0 fully saturated rings. The summed E-state index contributed by atoms with van der Waals surface area (Å²) in [6.07, 6.45) is 1.59. The molecule has 3 aromatic carbocycles. The second-order valence-corrected chi connectivity index (χ2v) is 8.06. The van der Waals surface area contributed by atoms with E-state index in [-0.39, 0.29) is 5.95 Å². The van der Waals surface area contributed by atoms with E-state index in [0.29, 0.717) is 34.7 Å². The van der Waals surface area contributed by atoms with Crippen LogP contribution >= 0.6 is 0 Å². The highest BCUT2D eigenvalue weighted by molar-refractivity contribution is 5.85. The summed E-state index contributed by atoms with van der Waals surface area (Å²) in [4.78, 5) is 13.5. The number of methoxy groups -OCH3 is 3. The topological polar surface area (TPSA) is 115 Å². The van der Waals surface area contributed by atoms with Crippen molar-refractivity contribution in [3.05, 3.63) is 77.4 Å². The third kappa shape index (κ3) is 6.43. The molecular weight excluding hydrogens is 470 g/mol. The van der Waals surface area contributed by atoms with Gasteiger partial charge in [0.2, 0.25) is 17.8 Å². The highest BCUT2D eigenvalue weighted by atomic mass is 16.5. The molecule has 0 spiro atoms. The number of anilines is 5. The first-order valence-corrected chi connectivity index (χ1v) is 11.5. The number of nitrogens with zero attached hydrogens (tertiary/aromatic N) is 4. The van der Waals surface area contributed by atoms with E-state index in [1.165, 1.54) is 5.56 Å². The van der Waals surface area contributed by atoms with Crippen LogP contribution in [0.15, 0.2) is 65.8 Å². The molecule has 10 nitrogen and oxygen atoms in total. The van der Waals surface area contributed by atoms with Crippen LogP contribution in [0.25, 0.3) is 0 Å². The summed E-state index contributed by atoms with van der Waals surface area (Å²) in [7, 11) is 4.71. The zero-order chi connectivity index (χ0) is 26.2. The molecule has 0 saturated heterocycles. The van der Waals surface area contributed by atoms with Crippen LogP contribution in [0.3, 0.4) is 0 Å². The molecule has 1 aromatic heterocycles. The molecule has 0 unspecified atom stereocenters. The number of ether oxygens (including phenoxy) is 3. The molecule has 0 aliphatic heterocycles. The molecule has 1 heterocycles. The fourth-order valence-corrected chi connectivity index (χ4v) is 3.58. The fourth-order valence-electron chi connectivity index (χ4n) is 3.58. The maximum atomic E-state index is 5.46. The van der Waals surface area contributed by atoms with Crippen LogP contribution in [0.1, 0.15) is 16.7 Å². The van der Waals surface area contributed by atoms with Gasteiger partial charge in [0, 0.05) is 23.0 Å². The van der Waals surface area contributed by atoms with Gasteiger partial charge in [0.05, 0.1) is 27.5 Å². The van der Waals surface area contributed by atoms with Crippen molar-refractivity contribution in [2.75, 3.05) is 37.4 Å². The van der Waals surface area contributed by atoms with Gasteiger partial charge in [-0.25, -0.2) is 5.43 Å². The second kappa shape index (κ2) is 11.7. The van der Waals surface area contributed by atoms with E-state index < -0.39 is 0 Å². The van der Waals surface area contributed by atoms with Crippen molar-refractivity contribution < 1.29 is 14.2 Å². The number of hydrogen-bond donors (Lipinski definition) is 3. The van der Waals surface area contributed by atoms with Gasteiger partial charge in [-0.3, -0.25) is 0 Å². The lowest BCUT2D eigenvalue weighted by Gasteiger charge is -2.12. The lowest BCUT2D eigenvalue weighted by atomic mass is 10.1. The van der Waals surface area contributed by atoms with Crippen molar-refractivity contribution in [1.82, 2.24) is 15.0 Å². The number of hydrazone groups is 1. The summed E-state index contributed by atoms with van der Waals surface area (Å²) in [6, 6.07) is 19.3. The maximum Gasteiger partial charge on any atom is 0.250 e. The lowest BCUT2D eigenvalue weighted by Crippen LogP contribution is -2.08. The molecule has 190 valence electrons. The van der Waals surface area contributed by atoms with Crippen LogP contribution in [-0.4, -0.2) is 42.5 Å². The van der Waals surface area contributed by atoms with Crippen molar-refractivity contribution >= 4 is 35.4 Å². The molecule has 0 aliphatic carbocycles. The number of aromatic nitrogens is 3. The summed E-state index contributed by atoms with van der Waals surface area (Å²) in [5.74, 6) is 2.65. The third-order valence-electron chi connectivity index (χ3n) is 5.40. The van der Waals surface area contributed by atoms with E-state index in [1.807, 2.05) is 49.4 Å². The number of hydrogen-bond acceptors (Lipinski definition) is 10. The average Bonchev–Trinajstić information content (AvgIpc) is 2.90. The maximum absolute atomic E-state index is 5.46. The Kier molecular flexibility index (Phi) is 7.99. The molecule has 0 saturated carbocycles. The Bertz CT molecular complexity index is 1390. The Morgan fingerprint density at radius 1 is 0.703 bits per heavy atom. The van der Waals surface area contributed by atoms with Crippen molar-refractivity contribution in [2.24, 2.45) is 5.10 Å². The summed E-state index contributed by atoms with van der Waals surface area (Å²) in [5, 5.41) is 10.8. The van der Waals surface area contributed by atoms with E-state index in [4.69, 9.17) is 14.2 Å². The van der Waals surface area contributed by atoms with E-state index in [0.717, 1.165) is 16.9 Å². The largest absolute Gasteiger partial charge is 0.496 e. The number of nitrogens with one attached hydrogen (secondary N) is 3. The van der Waals surface area contributed by atoms with Crippen LogP contribution in [0, 0.1) is 13.8 Å². The van der Waals surface area contributed by atoms with Crippen molar-refractivity contribution in [3.8, 4) is 17.2 Å². The Morgan fingerprint density at radius 2 is 1.35 bits per heavy atom. The lowest BCUT2D eigenvalue weighted by molar-refractivity contribution is 0.349. The normalized spacial score (nSPS) is 10.7. The first kappa shape index (κ1) is 25.2. The predicted molar refractivity (Wildman–Crippen MR) is 146 cm³/mol. The first-order valence-electron chi connectivity index (χ1n) is 11.5. The van der Waals surface area contributed by atoms with Crippen LogP contribution in [0.5, 0.6) is 17.2 Å². The van der Waals surface area contributed by atoms with Crippen LogP contribution in [0.4, 0.5) is 29.2 Å². The van der Waals surface area contributed by atoms with Gasteiger partial charge < -0.3 is 24.8 Å². The summed E-state index contributed by atoms with van der Waals surface area (Å²) >= 11 is 0. The van der Waals surface area contributed by atoms with Gasteiger partial charge in [-0.05, 0) is 43.7 Å². The Labute approximate surface area is 215 Å². The van der Waals surface area contributed by atoms with Crippen molar-refractivity contribution in [1.29, 1.82) is 0 Å². The standard InChI is InChI=1S/C27H29N7O3/c1-17-11-12-21(18(2)13-17)30-26-31-25(29-20-9-7-6-8-10-20)32-27(33-26)34-28-16-19-14-23(36-4)24(37-5)15-22(19)35-3/h6-16H,1-5H3,(H3,29,30,31,32,33,34)/b28-16+. The van der Waals surface area contributed by atoms with Crippen LogP contribution in [-0.2, 0) is 0 Å². The molecule has 0 radical (unpaired) electrons. The molecule has 10 heteroatoms. The minimum atomic E-state index is 0.247. The van der Waals surface area contributed by atoms with E-state index in [2.05, 4.69) is 49.1 Å². The summed E-state index contributed by atoms with van der Waals surface area (Å²) in [5.41, 5.74) is 7.55. The SMILES string of the molecule is COc1cc(OC)c(OC)cc1/C=N/Nc1nc(Nc2ccccc2)nc(Nc2ccc(C)cc2C)n1. The van der Waals surface area contributed by atoms with Gasteiger partial charge in [-0.1, -0.05) is 35.9 Å². The molecular formula is C27H29N7O3. The first-order chi connectivity index (χ1) is 18.0. The van der Waals surface area contributed by atoms with Gasteiger partial charge in [-0.2, -0.15) is 20.1 Å². The van der Waals surface area contributed by atoms with Gasteiger partial charge in [0.1, 0.15) is 5.75 Å². The van der Waals surface area contributed by atoms with E-state index in [9.17, 15) is 0 Å². The van der Waals surface area contributed by atoms with E-state index in [1.54, 1.807) is 39.7 Å². The second-order valence-electron chi connectivity index (χ2n) is 8.06. The monoisotopic (exact) mass is 499 g/mol. The molecule has 4 rings (SSSR count). The molecule has 3 N–H and O–H groups in total. The number of aryl methyl sites for hydroxylation is 2. The molecule has 37 heavy (non-hydrogen) atoms. The molecule has 4 aromatic rings. The third-order valence-corrected chi connectivity index (χ3v) is 5.40. The van der Waals surface area contributed by atoms with E-state index >= 15 is 0 Å². The Morgan fingerprint density at radius 3 is 2.03 bits per heavy atom. The molecule has 0 amide bonds. The van der Waals surface area contributed by atoms with Crippen LogP contribution < -0.4 is 30.3 Å². The quantitative estimate of drug-likeness (QED) is 0.194. The minimum absolute atomic E-state index is 0.247. The predicted octanol–water partition coefficient (Wildman–Crippen LogP) is 5.45.